The number of nitrogens with zero attached hydrogens (tertiary/aromatic N) is 1. The second-order valence-corrected chi connectivity index (χ2v) is 5.25. The van der Waals surface area contributed by atoms with E-state index in [1.54, 1.807) is 0 Å². The van der Waals surface area contributed by atoms with Gasteiger partial charge in [0.15, 0.2) is 0 Å². The molecule has 0 aromatic heterocycles. The molecule has 0 aromatic carbocycles. The smallest absolute Gasteiger partial charge is 0.222 e. The van der Waals surface area contributed by atoms with Gasteiger partial charge in [-0.2, -0.15) is 0 Å². The van der Waals surface area contributed by atoms with Gasteiger partial charge in [0.1, 0.15) is 0 Å². The van der Waals surface area contributed by atoms with Crippen LogP contribution in [0.15, 0.2) is 0 Å². The molecule has 0 bridgehead atoms. The van der Waals surface area contributed by atoms with E-state index in [4.69, 9.17) is 0 Å². The van der Waals surface area contributed by atoms with Crippen LogP contribution in [0.25, 0.3) is 0 Å². The maximum atomic E-state index is 11.6. The number of fused-ring (bicyclic) bond motifs is 1. The molecule has 2 saturated heterocycles. The molecule has 0 saturated carbocycles. The minimum absolute atomic E-state index is 0.395. The van der Waals surface area contributed by atoms with Gasteiger partial charge in [-0.25, -0.2) is 0 Å². The van der Waals surface area contributed by atoms with Crippen LogP contribution in [-0.2, 0) is 4.79 Å². The predicted octanol–water partition coefficient (Wildman–Crippen LogP) is 2.19. The first-order valence-corrected chi connectivity index (χ1v) is 5.38. The third-order valence-electron chi connectivity index (χ3n) is 3.51. The lowest BCUT2D eigenvalue weighted by Crippen LogP contribution is -2.50. The summed E-state index contributed by atoms with van der Waals surface area (Å²) < 4.78 is 0. The van der Waals surface area contributed by atoms with Crippen molar-refractivity contribution in [1.29, 1.82) is 0 Å². The van der Waals surface area contributed by atoms with Crippen LogP contribution in [0.5, 0.6) is 0 Å². The minimum atomic E-state index is 0.395. The number of carbonyl (C=O) groups excluding carboxylic acids is 1. The number of hydrogen-bond acceptors (Lipinski definition) is 1. The Morgan fingerprint density at radius 2 is 2.23 bits per heavy atom. The number of hydrogen-bond donors (Lipinski definition) is 0. The molecular weight excluding hydrogens is 162 g/mol. The molecule has 0 radical (unpaired) electrons. The van der Waals surface area contributed by atoms with Crippen molar-refractivity contribution in [2.24, 2.45) is 5.41 Å². The van der Waals surface area contributed by atoms with E-state index < -0.39 is 0 Å². The standard InChI is InChI=1S/C11H19NO/c1-11(2)6-7-12-9(8-11)4-3-5-10(12)13/h9H,3-8H2,1-2H3. The number of amides is 1. The van der Waals surface area contributed by atoms with Crippen molar-refractivity contribution in [1.82, 2.24) is 4.90 Å². The van der Waals surface area contributed by atoms with Crippen molar-refractivity contribution < 1.29 is 4.79 Å². The van der Waals surface area contributed by atoms with Crippen LogP contribution >= 0.6 is 0 Å². The summed E-state index contributed by atoms with van der Waals surface area (Å²) in [6, 6.07) is 0.560. The second-order valence-electron chi connectivity index (χ2n) is 5.25. The summed E-state index contributed by atoms with van der Waals surface area (Å²) in [6.45, 7) is 5.64. The van der Waals surface area contributed by atoms with E-state index in [1.807, 2.05) is 0 Å². The molecular formula is C11H19NO. The van der Waals surface area contributed by atoms with Gasteiger partial charge in [-0.05, 0) is 31.1 Å². The summed E-state index contributed by atoms with van der Waals surface area (Å²) in [6.07, 6.45) is 5.51. The lowest BCUT2D eigenvalue weighted by molar-refractivity contribution is -0.140. The first-order valence-electron chi connectivity index (χ1n) is 5.38. The Balaban J connectivity index is 2.08. The molecule has 13 heavy (non-hydrogen) atoms. The largest absolute Gasteiger partial charge is 0.340 e. The first-order chi connectivity index (χ1) is 6.08. The van der Waals surface area contributed by atoms with Gasteiger partial charge >= 0.3 is 0 Å². The van der Waals surface area contributed by atoms with Crippen LogP contribution in [0.3, 0.4) is 0 Å². The molecule has 1 unspecified atom stereocenters. The molecule has 0 aliphatic carbocycles. The molecule has 0 aromatic rings. The SMILES string of the molecule is CC1(C)CCN2C(=O)CCCC2C1. The van der Waals surface area contributed by atoms with E-state index in [-0.39, 0.29) is 0 Å². The Hall–Kier alpha value is -0.530. The van der Waals surface area contributed by atoms with Crippen molar-refractivity contribution in [2.45, 2.75) is 52.0 Å². The highest BCUT2D eigenvalue weighted by atomic mass is 16.2. The Kier molecular flexibility index (Phi) is 2.09. The predicted molar refractivity (Wildman–Crippen MR) is 52.4 cm³/mol. The second kappa shape index (κ2) is 3.00. The van der Waals surface area contributed by atoms with Crippen LogP contribution in [0.1, 0.15) is 46.0 Å². The lowest BCUT2D eigenvalue weighted by Gasteiger charge is -2.45. The molecule has 2 rings (SSSR count). The van der Waals surface area contributed by atoms with Gasteiger partial charge in [0.2, 0.25) is 5.91 Å². The maximum Gasteiger partial charge on any atom is 0.222 e. The molecule has 2 heteroatoms. The van der Waals surface area contributed by atoms with Gasteiger partial charge in [-0.1, -0.05) is 13.8 Å². The quantitative estimate of drug-likeness (QED) is 0.561. The Morgan fingerprint density at radius 3 is 3.00 bits per heavy atom. The molecule has 0 spiro atoms. The maximum absolute atomic E-state index is 11.6. The highest BCUT2D eigenvalue weighted by Gasteiger charge is 2.37. The molecule has 2 heterocycles. The summed E-state index contributed by atoms with van der Waals surface area (Å²) >= 11 is 0. The third-order valence-corrected chi connectivity index (χ3v) is 3.51. The average molecular weight is 181 g/mol. The Labute approximate surface area is 80.3 Å². The highest BCUT2D eigenvalue weighted by molar-refractivity contribution is 5.77. The Bertz CT molecular complexity index is 222. The summed E-state index contributed by atoms with van der Waals surface area (Å²) in [4.78, 5) is 13.7. The number of piperidine rings is 2. The summed E-state index contributed by atoms with van der Waals surface area (Å²) in [7, 11) is 0. The van der Waals surface area contributed by atoms with Gasteiger partial charge < -0.3 is 4.90 Å². The van der Waals surface area contributed by atoms with Gasteiger partial charge in [0.05, 0.1) is 0 Å². The zero-order chi connectivity index (χ0) is 9.47. The third kappa shape index (κ3) is 1.72. The molecule has 2 aliphatic heterocycles. The van der Waals surface area contributed by atoms with Crippen molar-refractivity contribution in [2.75, 3.05) is 6.54 Å². The normalized spacial score (nSPS) is 32.9. The van der Waals surface area contributed by atoms with E-state index in [2.05, 4.69) is 18.7 Å². The van der Waals surface area contributed by atoms with Crippen LogP contribution in [0, 0.1) is 5.41 Å². The van der Waals surface area contributed by atoms with Crippen molar-refractivity contribution in [3.8, 4) is 0 Å². The molecule has 1 amide bonds. The summed E-state index contributed by atoms with van der Waals surface area (Å²) in [5.74, 6) is 0.395. The molecule has 1 atom stereocenters. The monoisotopic (exact) mass is 181 g/mol. The summed E-state index contributed by atoms with van der Waals surface area (Å²) in [5, 5.41) is 0. The van der Waals surface area contributed by atoms with E-state index in [0.717, 1.165) is 19.4 Å². The van der Waals surface area contributed by atoms with Crippen molar-refractivity contribution in [3.63, 3.8) is 0 Å². The van der Waals surface area contributed by atoms with Crippen LogP contribution in [-0.4, -0.2) is 23.4 Å². The molecule has 2 fully saturated rings. The zero-order valence-electron chi connectivity index (χ0n) is 8.68. The van der Waals surface area contributed by atoms with Crippen LogP contribution < -0.4 is 0 Å². The van der Waals surface area contributed by atoms with E-state index in [0.29, 0.717) is 17.4 Å². The molecule has 2 nitrogen and oxygen atoms in total. The fourth-order valence-corrected chi connectivity index (χ4v) is 2.67. The van der Waals surface area contributed by atoms with Crippen LogP contribution in [0.4, 0.5) is 0 Å². The minimum Gasteiger partial charge on any atom is -0.340 e. The fraction of sp³-hybridized carbons (Fsp3) is 0.909. The molecule has 0 N–H and O–H groups in total. The highest BCUT2D eigenvalue weighted by Crippen LogP contribution is 2.37. The number of carbonyl (C=O) groups is 1. The fourth-order valence-electron chi connectivity index (χ4n) is 2.67. The molecule has 74 valence electrons. The van der Waals surface area contributed by atoms with E-state index in [9.17, 15) is 4.79 Å². The molecule has 2 aliphatic rings. The zero-order valence-corrected chi connectivity index (χ0v) is 8.68. The number of rotatable bonds is 0. The lowest BCUT2D eigenvalue weighted by atomic mass is 9.76. The average Bonchev–Trinajstić information content (AvgIpc) is 2.02. The van der Waals surface area contributed by atoms with Gasteiger partial charge in [0, 0.05) is 19.0 Å². The summed E-state index contributed by atoms with van der Waals surface area (Å²) in [5.41, 5.74) is 0.457. The Morgan fingerprint density at radius 1 is 1.46 bits per heavy atom. The first kappa shape index (κ1) is 9.04. The van der Waals surface area contributed by atoms with E-state index in [1.165, 1.54) is 19.3 Å². The topological polar surface area (TPSA) is 20.3 Å². The van der Waals surface area contributed by atoms with Crippen molar-refractivity contribution >= 4 is 5.91 Å². The van der Waals surface area contributed by atoms with E-state index >= 15 is 0 Å². The van der Waals surface area contributed by atoms with Crippen molar-refractivity contribution in [3.05, 3.63) is 0 Å². The van der Waals surface area contributed by atoms with Crippen LogP contribution in [0.2, 0.25) is 0 Å². The van der Waals surface area contributed by atoms with Gasteiger partial charge in [-0.3, -0.25) is 4.79 Å². The van der Waals surface area contributed by atoms with Gasteiger partial charge in [-0.15, -0.1) is 0 Å². The van der Waals surface area contributed by atoms with Gasteiger partial charge in [0.25, 0.3) is 0 Å².